The molecule has 2 unspecified atom stereocenters. The molecule has 0 radical (unpaired) electrons. The number of nitrogens with one attached hydrogen (secondary N) is 1. The lowest BCUT2D eigenvalue weighted by Gasteiger charge is -2.15. The quantitative estimate of drug-likeness (QED) is 0.0313. The van der Waals surface area contributed by atoms with E-state index in [1.807, 2.05) is 0 Å². The van der Waals surface area contributed by atoms with Crippen molar-refractivity contribution in [3.05, 3.63) is 0 Å². The van der Waals surface area contributed by atoms with Gasteiger partial charge in [0.05, 0.1) is 13.2 Å². The SMILES string of the molecule is CCCCCCCCCCCCCCCCCCCCCCCC(=O)OCC(O)COP(=O)(O)OCCNC(=O)CCCCCCCCCCCCCCCCCCC. The van der Waals surface area contributed by atoms with Crippen LogP contribution in [-0.2, 0) is 27.9 Å². The van der Waals surface area contributed by atoms with Crippen molar-refractivity contribution in [2.24, 2.45) is 0 Å². The first kappa shape index (κ1) is 58.0. The molecule has 0 saturated carbocycles. The minimum absolute atomic E-state index is 0.0887. The summed E-state index contributed by atoms with van der Waals surface area (Å²) in [5, 5.41) is 12.8. The highest BCUT2D eigenvalue weighted by Crippen LogP contribution is 2.42. The number of rotatable bonds is 49. The van der Waals surface area contributed by atoms with E-state index in [1.165, 1.54) is 205 Å². The zero-order valence-electron chi connectivity index (χ0n) is 39.0. The van der Waals surface area contributed by atoms with Crippen LogP contribution in [0.25, 0.3) is 0 Å². The number of amides is 1. The zero-order valence-corrected chi connectivity index (χ0v) is 39.9. The fourth-order valence-electron chi connectivity index (χ4n) is 7.68. The van der Waals surface area contributed by atoms with Crippen molar-refractivity contribution in [3.63, 3.8) is 0 Å². The van der Waals surface area contributed by atoms with Crippen molar-refractivity contribution in [1.29, 1.82) is 0 Å². The number of carbonyl (C=O) groups excluding carboxylic acids is 2. The highest BCUT2D eigenvalue weighted by Gasteiger charge is 2.23. The third-order valence-corrected chi connectivity index (χ3v) is 12.5. The Balaban J connectivity index is 3.50. The molecule has 3 N–H and O–H groups in total. The summed E-state index contributed by atoms with van der Waals surface area (Å²) in [5.41, 5.74) is 0. The lowest BCUT2D eigenvalue weighted by molar-refractivity contribution is -0.147. The lowest BCUT2D eigenvalue weighted by atomic mass is 10.0. The Morgan fingerprint density at radius 3 is 1.10 bits per heavy atom. The van der Waals surface area contributed by atoms with Crippen LogP contribution in [0.4, 0.5) is 0 Å². The Hall–Kier alpha value is -0.990. The van der Waals surface area contributed by atoms with E-state index < -0.39 is 26.5 Å². The number of aliphatic hydroxyl groups excluding tert-OH is 1. The van der Waals surface area contributed by atoms with Gasteiger partial charge in [-0.1, -0.05) is 245 Å². The largest absolute Gasteiger partial charge is 0.472 e. The van der Waals surface area contributed by atoms with Crippen molar-refractivity contribution >= 4 is 19.7 Å². The van der Waals surface area contributed by atoms with Crippen LogP contribution in [0, 0.1) is 0 Å². The van der Waals surface area contributed by atoms with E-state index in [1.54, 1.807) is 0 Å². The van der Waals surface area contributed by atoms with Gasteiger partial charge in [-0.3, -0.25) is 18.6 Å². The Labute approximate surface area is 365 Å². The molecule has 9 nitrogen and oxygen atoms in total. The second kappa shape index (κ2) is 46.5. The van der Waals surface area contributed by atoms with Crippen LogP contribution in [0.1, 0.15) is 271 Å². The number of unbranched alkanes of at least 4 members (excludes halogenated alkanes) is 36. The van der Waals surface area contributed by atoms with Crippen molar-refractivity contribution in [2.45, 2.75) is 277 Å². The number of phosphoric acid groups is 1. The maximum Gasteiger partial charge on any atom is 0.472 e. The van der Waals surface area contributed by atoms with E-state index in [0.29, 0.717) is 12.8 Å². The maximum atomic E-state index is 12.1. The molecule has 0 aliphatic heterocycles. The molecule has 0 aromatic carbocycles. The summed E-state index contributed by atoms with van der Waals surface area (Å²) in [4.78, 5) is 34.0. The highest BCUT2D eigenvalue weighted by molar-refractivity contribution is 7.47. The average molecular weight is 860 g/mol. The van der Waals surface area contributed by atoms with Gasteiger partial charge in [-0.25, -0.2) is 4.57 Å². The van der Waals surface area contributed by atoms with Crippen LogP contribution in [-0.4, -0.2) is 54.3 Å². The van der Waals surface area contributed by atoms with E-state index in [0.717, 1.165) is 38.5 Å². The third kappa shape index (κ3) is 47.9. The second-order valence-electron chi connectivity index (χ2n) is 17.5. The molecule has 0 spiro atoms. The smallest absolute Gasteiger partial charge is 0.463 e. The monoisotopic (exact) mass is 860 g/mol. The van der Waals surface area contributed by atoms with Gasteiger partial charge >= 0.3 is 13.8 Å². The molecule has 1 amide bonds. The van der Waals surface area contributed by atoms with Crippen molar-refractivity contribution in [2.75, 3.05) is 26.4 Å². The van der Waals surface area contributed by atoms with Gasteiger partial charge in [0.2, 0.25) is 5.91 Å². The molecule has 2 atom stereocenters. The van der Waals surface area contributed by atoms with Gasteiger partial charge in [0.25, 0.3) is 0 Å². The molecule has 59 heavy (non-hydrogen) atoms. The normalized spacial score (nSPS) is 13.1. The van der Waals surface area contributed by atoms with Crippen LogP contribution in [0.2, 0.25) is 0 Å². The van der Waals surface area contributed by atoms with Gasteiger partial charge in [-0.2, -0.15) is 0 Å². The van der Waals surface area contributed by atoms with Crippen LogP contribution < -0.4 is 5.32 Å². The fourth-order valence-corrected chi connectivity index (χ4v) is 8.44. The van der Waals surface area contributed by atoms with Crippen molar-refractivity contribution in [1.82, 2.24) is 5.32 Å². The molecular weight excluding hydrogens is 762 g/mol. The summed E-state index contributed by atoms with van der Waals surface area (Å²) < 4.78 is 27.0. The summed E-state index contributed by atoms with van der Waals surface area (Å²) >= 11 is 0. The molecule has 0 aliphatic carbocycles. The van der Waals surface area contributed by atoms with Gasteiger partial charge in [0.1, 0.15) is 12.7 Å². The molecule has 0 bridgehead atoms. The fraction of sp³-hybridized carbons (Fsp3) is 0.959. The van der Waals surface area contributed by atoms with E-state index in [2.05, 4.69) is 19.2 Å². The minimum atomic E-state index is -4.41. The number of hydrogen-bond acceptors (Lipinski definition) is 7. The van der Waals surface area contributed by atoms with E-state index in [-0.39, 0.29) is 25.7 Å². The average Bonchev–Trinajstić information content (AvgIpc) is 3.22. The summed E-state index contributed by atoms with van der Waals surface area (Å²) in [6.45, 7) is 3.63. The molecule has 352 valence electrons. The number of phosphoric ester groups is 1. The Morgan fingerprint density at radius 2 is 0.763 bits per heavy atom. The van der Waals surface area contributed by atoms with Gasteiger partial charge in [-0.15, -0.1) is 0 Å². The van der Waals surface area contributed by atoms with Crippen molar-refractivity contribution < 1.29 is 37.9 Å². The van der Waals surface area contributed by atoms with E-state index in [9.17, 15) is 24.2 Å². The summed E-state index contributed by atoms with van der Waals surface area (Å²) in [6.07, 6.45) is 49.0. The van der Waals surface area contributed by atoms with Crippen LogP contribution in [0.3, 0.4) is 0 Å². The molecule has 10 heteroatoms. The first-order valence-corrected chi connectivity index (χ1v) is 27.0. The number of aliphatic hydroxyl groups is 1. The first-order valence-electron chi connectivity index (χ1n) is 25.5. The standard InChI is InChI=1S/C49H98NO8P/c1-3-5-7-9-11-13-15-17-19-21-22-23-24-26-28-30-32-34-36-38-40-42-49(53)56-45-47(51)46-58-59(54,55)57-44-43-50-48(52)41-39-37-35-33-31-29-27-25-20-18-16-14-12-10-8-6-4-2/h47,51H,3-46H2,1-2H3,(H,50,52)(H,54,55). The number of esters is 1. The number of carbonyl (C=O) groups is 2. The molecule has 0 saturated heterocycles. The number of hydrogen-bond donors (Lipinski definition) is 3. The minimum Gasteiger partial charge on any atom is -0.463 e. The lowest BCUT2D eigenvalue weighted by Crippen LogP contribution is -2.27. The van der Waals surface area contributed by atoms with Crippen LogP contribution in [0.15, 0.2) is 0 Å². The Morgan fingerprint density at radius 1 is 0.458 bits per heavy atom. The van der Waals surface area contributed by atoms with Gasteiger partial charge in [0, 0.05) is 19.4 Å². The Kier molecular flexibility index (Phi) is 45.7. The van der Waals surface area contributed by atoms with Crippen LogP contribution in [0.5, 0.6) is 0 Å². The van der Waals surface area contributed by atoms with Gasteiger partial charge in [0.15, 0.2) is 0 Å². The van der Waals surface area contributed by atoms with Crippen LogP contribution >= 0.6 is 7.82 Å². The molecule has 0 aromatic heterocycles. The molecule has 0 fully saturated rings. The zero-order chi connectivity index (χ0) is 43.2. The van der Waals surface area contributed by atoms with Gasteiger partial charge in [-0.05, 0) is 12.8 Å². The predicted octanol–water partition coefficient (Wildman–Crippen LogP) is 14.8. The topological polar surface area (TPSA) is 131 Å². The summed E-state index contributed by atoms with van der Waals surface area (Å²) in [7, 11) is -4.41. The number of ether oxygens (including phenoxy) is 1. The van der Waals surface area contributed by atoms with Gasteiger partial charge < -0.3 is 20.1 Å². The molecule has 0 aromatic rings. The maximum absolute atomic E-state index is 12.1. The highest BCUT2D eigenvalue weighted by atomic mass is 31.2. The second-order valence-corrected chi connectivity index (χ2v) is 19.0. The molecule has 0 heterocycles. The van der Waals surface area contributed by atoms with Crippen molar-refractivity contribution in [3.8, 4) is 0 Å². The summed E-state index contributed by atoms with van der Waals surface area (Å²) in [5.74, 6) is -0.498. The first-order chi connectivity index (χ1) is 28.8. The molecular formula is C49H98NO8P. The molecule has 0 aliphatic rings. The Bertz CT molecular complexity index is 938. The van der Waals surface area contributed by atoms with E-state index in [4.69, 9.17) is 13.8 Å². The molecule has 0 rings (SSSR count). The van der Waals surface area contributed by atoms with E-state index >= 15 is 0 Å². The third-order valence-electron chi connectivity index (χ3n) is 11.5. The predicted molar refractivity (Wildman–Crippen MR) is 248 cm³/mol. The summed E-state index contributed by atoms with van der Waals surface area (Å²) in [6, 6.07) is 0.